The van der Waals surface area contributed by atoms with Crippen LogP contribution in [0.15, 0.2) is 0 Å². The van der Waals surface area contributed by atoms with Gasteiger partial charge in [0.15, 0.2) is 0 Å². The van der Waals surface area contributed by atoms with Gasteiger partial charge in [-0.1, -0.05) is 13.8 Å². The Balaban J connectivity index is 1.78. The van der Waals surface area contributed by atoms with E-state index in [1.807, 2.05) is 20.8 Å². The van der Waals surface area contributed by atoms with Crippen molar-refractivity contribution in [3.05, 3.63) is 0 Å². The van der Waals surface area contributed by atoms with Crippen molar-refractivity contribution >= 4 is 6.09 Å². The molecule has 4 nitrogen and oxygen atoms in total. The van der Waals surface area contributed by atoms with Crippen LogP contribution in [0.1, 0.15) is 66.7 Å². The molecular weight excluding hydrogens is 266 g/mol. The minimum Gasteiger partial charge on any atom is -0.444 e. The molecule has 2 fully saturated rings. The average Bonchev–Trinajstić information content (AvgIpc) is 2.34. The second kappa shape index (κ2) is 5.79. The molecule has 1 unspecified atom stereocenters. The molecule has 2 atom stereocenters. The minimum atomic E-state index is -0.450. The number of hydrogen-bond donors (Lipinski definition) is 2. The third-order valence-electron chi connectivity index (χ3n) is 5.23. The van der Waals surface area contributed by atoms with Gasteiger partial charge < -0.3 is 15.2 Å². The first-order valence-corrected chi connectivity index (χ1v) is 8.30. The van der Waals surface area contributed by atoms with E-state index in [2.05, 4.69) is 19.2 Å². The zero-order chi connectivity index (χ0) is 15.8. The maximum atomic E-state index is 11.8. The molecule has 2 aliphatic rings. The molecule has 21 heavy (non-hydrogen) atoms. The van der Waals surface area contributed by atoms with E-state index < -0.39 is 5.60 Å². The van der Waals surface area contributed by atoms with Crippen molar-refractivity contribution in [2.24, 2.45) is 17.3 Å². The van der Waals surface area contributed by atoms with Crippen LogP contribution in [0.5, 0.6) is 0 Å². The highest BCUT2D eigenvalue weighted by atomic mass is 16.6. The molecule has 0 aliphatic heterocycles. The topological polar surface area (TPSA) is 58.6 Å². The van der Waals surface area contributed by atoms with Crippen LogP contribution in [0.2, 0.25) is 0 Å². The molecule has 4 heteroatoms. The number of aliphatic hydroxyl groups excluding tert-OH is 1. The highest BCUT2D eigenvalue weighted by molar-refractivity contribution is 5.68. The number of hydrogen-bond acceptors (Lipinski definition) is 3. The number of carbonyl (C=O) groups is 1. The van der Waals surface area contributed by atoms with Crippen LogP contribution in [0.25, 0.3) is 0 Å². The number of aliphatic hydroxyl groups is 1. The summed E-state index contributed by atoms with van der Waals surface area (Å²) in [5.74, 6) is 1.02. The van der Waals surface area contributed by atoms with Crippen LogP contribution in [-0.4, -0.2) is 28.9 Å². The number of carbonyl (C=O) groups excluding carboxylic acids is 1. The number of amides is 1. The Morgan fingerprint density at radius 2 is 1.86 bits per heavy atom. The zero-order valence-electron chi connectivity index (χ0n) is 14.1. The van der Waals surface area contributed by atoms with Gasteiger partial charge in [0, 0.05) is 6.04 Å². The summed E-state index contributed by atoms with van der Waals surface area (Å²) in [7, 11) is 0. The smallest absolute Gasteiger partial charge is 0.407 e. The maximum absolute atomic E-state index is 11.8. The molecule has 2 aliphatic carbocycles. The fourth-order valence-corrected chi connectivity index (χ4v) is 3.91. The minimum absolute atomic E-state index is 0.126. The molecule has 0 radical (unpaired) electrons. The van der Waals surface area contributed by atoms with Gasteiger partial charge in [0.05, 0.1) is 6.10 Å². The molecule has 0 aromatic carbocycles. The lowest BCUT2D eigenvalue weighted by atomic mass is 9.51. The molecule has 2 rings (SSSR count). The lowest BCUT2D eigenvalue weighted by Gasteiger charge is -2.57. The largest absolute Gasteiger partial charge is 0.444 e. The van der Waals surface area contributed by atoms with Crippen LogP contribution in [0.3, 0.4) is 0 Å². The molecule has 2 N–H and O–H groups in total. The molecule has 2 saturated carbocycles. The van der Waals surface area contributed by atoms with Crippen molar-refractivity contribution in [3.63, 3.8) is 0 Å². The predicted molar refractivity (Wildman–Crippen MR) is 83.0 cm³/mol. The van der Waals surface area contributed by atoms with Crippen molar-refractivity contribution in [2.45, 2.75) is 84.5 Å². The summed E-state index contributed by atoms with van der Waals surface area (Å²) in [6, 6.07) is 0.191. The molecular formula is C17H31NO3. The molecule has 0 heterocycles. The summed E-state index contributed by atoms with van der Waals surface area (Å²) in [5.41, 5.74) is -0.324. The Hall–Kier alpha value is -0.770. The molecule has 122 valence electrons. The van der Waals surface area contributed by atoms with E-state index in [-0.39, 0.29) is 23.7 Å². The van der Waals surface area contributed by atoms with Gasteiger partial charge >= 0.3 is 6.09 Å². The van der Waals surface area contributed by atoms with Crippen molar-refractivity contribution < 1.29 is 14.6 Å². The summed E-state index contributed by atoms with van der Waals surface area (Å²) >= 11 is 0. The van der Waals surface area contributed by atoms with E-state index in [9.17, 15) is 9.90 Å². The monoisotopic (exact) mass is 297 g/mol. The van der Waals surface area contributed by atoms with Gasteiger partial charge in [0.25, 0.3) is 0 Å². The number of nitrogens with one attached hydrogen (secondary N) is 1. The summed E-state index contributed by atoms with van der Waals surface area (Å²) in [6.45, 7) is 10.0. The molecule has 1 amide bonds. The normalized spacial score (nSPS) is 36.4. The molecule has 0 saturated heterocycles. The highest BCUT2D eigenvalue weighted by Crippen LogP contribution is 2.56. The Morgan fingerprint density at radius 1 is 1.29 bits per heavy atom. The number of alkyl carbamates (subject to hydrolysis) is 1. The molecule has 0 aromatic heterocycles. The Kier molecular flexibility index (Phi) is 4.57. The fourth-order valence-electron chi connectivity index (χ4n) is 3.91. The fraction of sp³-hybridized carbons (Fsp3) is 0.941. The summed E-state index contributed by atoms with van der Waals surface area (Å²) in [4.78, 5) is 11.8. The SMILES string of the molecule is CC(C)C1CC2(CCC(NC(=O)OC(C)(C)C)CC2)[C@@H]1O. The molecule has 0 aromatic rings. The second-order valence-corrected chi connectivity index (χ2v) is 8.34. The molecule has 1 spiro atoms. The summed E-state index contributed by atoms with van der Waals surface area (Å²) < 4.78 is 5.30. The predicted octanol–water partition coefficient (Wildman–Crippen LogP) is 3.48. The number of rotatable bonds is 2. The van der Waals surface area contributed by atoms with E-state index in [4.69, 9.17) is 4.74 Å². The van der Waals surface area contributed by atoms with Crippen LogP contribution in [0, 0.1) is 17.3 Å². The zero-order valence-corrected chi connectivity index (χ0v) is 14.1. The van der Waals surface area contributed by atoms with Crippen molar-refractivity contribution in [3.8, 4) is 0 Å². The van der Waals surface area contributed by atoms with Gasteiger partial charge in [-0.05, 0) is 70.1 Å². The maximum Gasteiger partial charge on any atom is 0.407 e. The van der Waals surface area contributed by atoms with E-state index in [1.54, 1.807) is 0 Å². The lowest BCUT2D eigenvalue weighted by molar-refractivity contribution is -0.156. The lowest BCUT2D eigenvalue weighted by Crippen LogP contribution is -2.57. The van der Waals surface area contributed by atoms with Gasteiger partial charge in [-0.25, -0.2) is 4.79 Å². The van der Waals surface area contributed by atoms with Crippen molar-refractivity contribution in [1.82, 2.24) is 5.32 Å². The summed E-state index contributed by atoms with van der Waals surface area (Å²) in [6.07, 6.45) is 4.58. The van der Waals surface area contributed by atoms with E-state index in [0.29, 0.717) is 11.8 Å². The standard InChI is InChI=1S/C17H31NO3/c1-11(2)13-10-17(14(13)19)8-6-12(7-9-17)18-15(20)21-16(3,4)5/h11-14,19H,6-10H2,1-5H3,(H,18,20)/t12?,13?,14-,17?/m1/s1. The van der Waals surface area contributed by atoms with Crippen LogP contribution in [0.4, 0.5) is 4.79 Å². The third kappa shape index (κ3) is 3.71. The quantitative estimate of drug-likeness (QED) is 0.820. The Bertz CT molecular complexity index is 378. The third-order valence-corrected chi connectivity index (χ3v) is 5.23. The first-order chi connectivity index (χ1) is 9.63. The molecule has 0 bridgehead atoms. The van der Waals surface area contributed by atoms with Gasteiger partial charge in [-0.15, -0.1) is 0 Å². The van der Waals surface area contributed by atoms with Crippen LogP contribution in [-0.2, 0) is 4.74 Å². The van der Waals surface area contributed by atoms with Gasteiger partial charge in [0.1, 0.15) is 5.60 Å². The highest BCUT2D eigenvalue weighted by Gasteiger charge is 2.54. The van der Waals surface area contributed by atoms with E-state index in [1.165, 1.54) is 0 Å². The Labute approximate surface area is 128 Å². The summed E-state index contributed by atoms with van der Waals surface area (Å²) in [5, 5.41) is 13.4. The number of ether oxygens (including phenoxy) is 1. The van der Waals surface area contributed by atoms with Crippen LogP contribution >= 0.6 is 0 Å². The second-order valence-electron chi connectivity index (χ2n) is 8.34. The van der Waals surface area contributed by atoms with Crippen LogP contribution < -0.4 is 5.32 Å². The Morgan fingerprint density at radius 3 is 2.29 bits per heavy atom. The van der Waals surface area contributed by atoms with Gasteiger partial charge in [0.2, 0.25) is 0 Å². The van der Waals surface area contributed by atoms with E-state index in [0.717, 1.165) is 32.1 Å². The van der Waals surface area contributed by atoms with Gasteiger partial charge in [-0.3, -0.25) is 0 Å². The first kappa shape index (κ1) is 16.6. The van der Waals surface area contributed by atoms with Gasteiger partial charge in [-0.2, -0.15) is 0 Å². The van der Waals surface area contributed by atoms with E-state index >= 15 is 0 Å². The van der Waals surface area contributed by atoms with Crippen molar-refractivity contribution in [1.29, 1.82) is 0 Å². The first-order valence-electron chi connectivity index (χ1n) is 8.30. The average molecular weight is 297 g/mol. The van der Waals surface area contributed by atoms with Crippen molar-refractivity contribution in [2.75, 3.05) is 0 Å².